The molecule has 2 amide bonds. The second-order valence-corrected chi connectivity index (χ2v) is 6.32. The number of aromatic nitrogens is 1. The number of methoxy groups -OCH3 is 1. The molecule has 2 heterocycles. The summed E-state index contributed by atoms with van der Waals surface area (Å²) in [7, 11) is 1.33. The molecule has 1 N–H and O–H groups in total. The van der Waals surface area contributed by atoms with Gasteiger partial charge < -0.3 is 19.5 Å². The number of carbonyl (C=O) groups excluding carboxylic acids is 2. The number of urea groups is 1. The van der Waals surface area contributed by atoms with E-state index in [0.29, 0.717) is 17.8 Å². The summed E-state index contributed by atoms with van der Waals surface area (Å²) in [5.41, 5.74) is 1.87. The maximum atomic E-state index is 12.7. The van der Waals surface area contributed by atoms with E-state index in [-0.39, 0.29) is 12.1 Å². The molecule has 3 rings (SSSR count). The minimum absolute atomic E-state index is 0.0706. The predicted molar refractivity (Wildman–Crippen MR) is 96.0 cm³/mol. The molecule has 0 aliphatic carbocycles. The van der Waals surface area contributed by atoms with Crippen molar-refractivity contribution in [1.29, 1.82) is 0 Å². The van der Waals surface area contributed by atoms with E-state index in [0.717, 1.165) is 37.1 Å². The van der Waals surface area contributed by atoms with Crippen LogP contribution in [-0.4, -0.2) is 35.7 Å². The molecular formula is C19H23N3O4. The van der Waals surface area contributed by atoms with Gasteiger partial charge in [0.15, 0.2) is 0 Å². The van der Waals surface area contributed by atoms with Gasteiger partial charge >= 0.3 is 12.0 Å². The number of hydrogen-bond donors (Lipinski definition) is 1. The highest BCUT2D eigenvalue weighted by Crippen LogP contribution is 2.32. The SMILES string of the molecule is CCCc1cc([C@@H]2CCCN2C(=O)Nc2ccc(C(=O)OC)cc2)no1. The Labute approximate surface area is 152 Å². The Morgan fingerprint density at radius 2 is 2.12 bits per heavy atom. The first-order valence-corrected chi connectivity index (χ1v) is 8.84. The van der Waals surface area contributed by atoms with Crippen molar-refractivity contribution in [3.8, 4) is 0 Å². The van der Waals surface area contributed by atoms with Crippen LogP contribution in [0.1, 0.15) is 54.0 Å². The fourth-order valence-electron chi connectivity index (χ4n) is 3.17. The highest BCUT2D eigenvalue weighted by Gasteiger charge is 2.32. The summed E-state index contributed by atoms with van der Waals surface area (Å²) in [4.78, 5) is 25.9. The van der Waals surface area contributed by atoms with Crippen molar-refractivity contribution in [2.45, 2.75) is 38.6 Å². The van der Waals surface area contributed by atoms with Gasteiger partial charge in [-0.25, -0.2) is 9.59 Å². The molecule has 0 saturated carbocycles. The van der Waals surface area contributed by atoms with Crippen molar-refractivity contribution in [3.63, 3.8) is 0 Å². The summed E-state index contributed by atoms with van der Waals surface area (Å²) in [5, 5.41) is 7.03. The van der Waals surface area contributed by atoms with E-state index in [1.807, 2.05) is 6.07 Å². The average Bonchev–Trinajstić information content (AvgIpc) is 3.31. The number of hydrogen-bond acceptors (Lipinski definition) is 5. The molecule has 138 valence electrons. The highest BCUT2D eigenvalue weighted by atomic mass is 16.5. The Morgan fingerprint density at radius 1 is 1.35 bits per heavy atom. The third-order valence-corrected chi connectivity index (χ3v) is 4.49. The van der Waals surface area contributed by atoms with Gasteiger partial charge in [0.25, 0.3) is 0 Å². The van der Waals surface area contributed by atoms with E-state index in [1.165, 1.54) is 7.11 Å². The van der Waals surface area contributed by atoms with Gasteiger partial charge in [0.05, 0.1) is 18.7 Å². The zero-order valence-corrected chi connectivity index (χ0v) is 15.0. The number of anilines is 1. The van der Waals surface area contributed by atoms with E-state index >= 15 is 0 Å². The molecule has 1 atom stereocenters. The van der Waals surface area contributed by atoms with Crippen molar-refractivity contribution in [1.82, 2.24) is 10.1 Å². The first-order chi connectivity index (χ1) is 12.6. The highest BCUT2D eigenvalue weighted by molar-refractivity contribution is 5.92. The smallest absolute Gasteiger partial charge is 0.337 e. The van der Waals surface area contributed by atoms with Gasteiger partial charge in [0.1, 0.15) is 11.5 Å². The summed E-state index contributed by atoms with van der Waals surface area (Å²) >= 11 is 0. The number of esters is 1. The number of amides is 2. The van der Waals surface area contributed by atoms with Crippen molar-refractivity contribution >= 4 is 17.7 Å². The Morgan fingerprint density at radius 3 is 2.81 bits per heavy atom. The van der Waals surface area contributed by atoms with Crippen LogP contribution in [-0.2, 0) is 11.2 Å². The summed E-state index contributed by atoms with van der Waals surface area (Å²) in [5.74, 6) is 0.449. The average molecular weight is 357 g/mol. The van der Waals surface area contributed by atoms with Crippen LogP contribution in [0.4, 0.5) is 10.5 Å². The number of carbonyl (C=O) groups is 2. The lowest BCUT2D eigenvalue weighted by Gasteiger charge is -2.23. The second kappa shape index (κ2) is 8.03. The van der Waals surface area contributed by atoms with Gasteiger partial charge in [0, 0.05) is 24.7 Å². The standard InChI is InChI=1S/C19H23N3O4/c1-3-5-15-12-16(21-26-15)17-6-4-11-22(17)19(24)20-14-9-7-13(8-10-14)18(23)25-2/h7-10,12,17H,3-6,11H2,1-2H3,(H,20,24)/t17-/m0/s1. The molecule has 7 heteroatoms. The number of nitrogens with zero attached hydrogens (tertiary/aromatic N) is 2. The van der Waals surface area contributed by atoms with Gasteiger partial charge in [-0.3, -0.25) is 0 Å². The van der Waals surface area contributed by atoms with Crippen molar-refractivity contribution < 1.29 is 18.8 Å². The largest absolute Gasteiger partial charge is 0.465 e. The van der Waals surface area contributed by atoms with Crippen LogP contribution in [0.15, 0.2) is 34.9 Å². The van der Waals surface area contributed by atoms with E-state index in [2.05, 4.69) is 22.1 Å². The predicted octanol–water partition coefficient (Wildman–Crippen LogP) is 3.78. The van der Waals surface area contributed by atoms with Crippen LogP contribution in [0.5, 0.6) is 0 Å². The van der Waals surface area contributed by atoms with Crippen LogP contribution in [0, 0.1) is 0 Å². The van der Waals surface area contributed by atoms with Crippen molar-refractivity contribution in [2.75, 3.05) is 19.0 Å². The van der Waals surface area contributed by atoms with E-state index in [9.17, 15) is 9.59 Å². The van der Waals surface area contributed by atoms with Gasteiger partial charge in [0.2, 0.25) is 0 Å². The molecular weight excluding hydrogens is 334 g/mol. The molecule has 1 aromatic carbocycles. The molecule has 0 spiro atoms. The molecule has 1 aliphatic heterocycles. The van der Waals surface area contributed by atoms with Crippen molar-refractivity contribution in [2.24, 2.45) is 0 Å². The van der Waals surface area contributed by atoms with E-state index < -0.39 is 5.97 Å². The van der Waals surface area contributed by atoms with Crippen LogP contribution >= 0.6 is 0 Å². The lowest BCUT2D eigenvalue weighted by Crippen LogP contribution is -2.34. The van der Waals surface area contributed by atoms with Gasteiger partial charge in [-0.05, 0) is 43.5 Å². The number of rotatable bonds is 5. The lowest BCUT2D eigenvalue weighted by atomic mass is 10.1. The zero-order chi connectivity index (χ0) is 18.5. The minimum atomic E-state index is -0.406. The molecule has 1 aliphatic rings. The number of likely N-dealkylation sites (tertiary alicyclic amines) is 1. The first-order valence-electron chi connectivity index (χ1n) is 8.84. The zero-order valence-electron chi connectivity index (χ0n) is 15.0. The maximum absolute atomic E-state index is 12.7. The molecule has 2 aromatic rings. The Hall–Kier alpha value is -2.83. The van der Waals surface area contributed by atoms with Crippen LogP contribution in [0.25, 0.3) is 0 Å². The molecule has 0 unspecified atom stereocenters. The molecule has 26 heavy (non-hydrogen) atoms. The molecule has 0 bridgehead atoms. The quantitative estimate of drug-likeness (QED) is 0.823. The topological polar surface area (TPSA) is 84.7 Å². The minimum Gasteiger partial charge on any atom is -0.465 e. The Kier molecular flexibility index (Phi) is 5.55. The second-order valence-electron chi connectivity index (χ2n) is 6.32. The van der Waals surface area contributed by atoms with Crippen LogP contribution in [0.3, 0.4) is 0 Å². The molecule has 0 radical (unpaired) electrons. The number of ether oxygens (including phenoxy) is 1. The maximum Gasteiger partial charge on any atom is 0.337 e. The molecule has 1 fully saturated rings. The third-order valence-electron chi connectivity index (χ3n) is 4.49. The van der Waals surface area contributed by atoms with Crippen LogP contribution in [0.2, 0.25) is 0 Å². The van der Waals surface area contributed by atoms with Crippen molar-refractivity contribution in [3.05, 3.63) is 47.3 Å². The fraction of sp³-hybridized carbons (Fsp3) is 0.421. The first kappa shape index (κ1) is 18.0. The third kappa shape index (κ3) is 3.87. The van der Waals surface area contributed by atoms with E-state index in [4.69, 9.17) is 4.52 Å². The Bertz CT molecular complexity index is 769. The van der Waals surface area contributed by atoms with Crippen LogP contribution < -0.4 is 5.32 Å². The summed E-state index contributed by atoms with van der Waals surface area (Å²) in [6.45, 7) is 2.76. The number of aryl methyl sites for hydroxylation is 1. The summed E-state index contributed by atoms with van der Waals surface area (Å²) in [6.07, 6.45) is 3.63. The van der Waals surface area contributed by atoms with Gasteiger partial charge in [-0.1, -0.05) is 12.1 Å². The lowest BCUT2D eigenvalue weighted by molar-refractivity contribution is 0.0600. The summed E-state index contributed by atoms with van der Waals surface area (Å²) in [6, 6.07) is 8.31. The van der Waals surface area contributed by atoms with E-state index in [1.54, 1.807) is 29.2 Å². The van der Waals surface area contributed by atoms with Gasteiger partial charge in [-0.2, -0.15) is 0 Å². The number of nitrogens with one attached hydrogen (secondary N) is 1. The molecule has 1 saturated heterocycles. The normalized spacial score (nSPS) is 16.5. The fourth-order valence-corrected chi connectivity index (χ4v) is 3.17. The Balaban J connectivity index is 1.67. The monoisotopic (exact) mass is 357 g/mol. The number of benzene rings is 1. The van der Waals surface area contributed by atoms with Gasteiger partial charge in [-0.15, -0.1) is 0 Å². The molecule has 1 aromatic heterocycles. The summed E-state index contributed by atoms with van der Waals surface area (Å²) < 4.78 is 10.0. The molecule has 7 nitrogen and oxygen atoms in total.